The van der Waals surface area contributed by atoms with Gasteiger partial charge in [-0.25, -0.2) is 8.57 Å². The number of carbonyl (C=O) groups excluding carboxylic acids is 2. The Bertz CT molecular complexity index is 943. The number of hydrogen-bond donors (Lipinski definition) is 0. The average Bonchev–Trinajstić information content (AvgIpc) is 2.92. The molecule has 1 unspecified atom stereocenters. The Hall–Kier alpha value is -2.55. The van der Waals surface area contributed by atoms with Crippen molar-refractivity contribution < 1.29 is 18.6 Å². The molecule has 3 rings (SSSR count). The molecule has 0 bridgehead atoms. The second kappa shape index (κ2) is 6.99. The molecule has 0 fully saturated rings. The summed E-state index contributed by atoms with van der Waals surface area (Å²) < 4.78 is 18.1. The number of benzene rings is 2. The van der Waals surface area contributed by atoms with Gasteiger partial charge in [-0.1, -0.05) is 28.7 Å². The molecule has 1 aliphatic heterocycles. The van der Waals surface area contributed by atoms with Gasteiger partial charge in [0.2, 0.25) is 0 Å². The third kappa shape index (κ3) is 2.92. The molecular formula is C18H19N3O4S. The Morgan fingerprint density at radius 2 is 1.58 bits per heavy atom. The summed E-state index contributed by atoms with van der Waals surface area (Å²) in [5.74, 6) is -0.609. The third-order valence-corrected chi connectivity index (χ3v) is 6.53. The van der Waals surface area contributed by atoms with E-state index in [9.17, 15) is 13.8 Å². The van der Waals surface area contributed by atoms with E-state index in [1.807, 2.05) is 0 Å². The van der Waals surface area contributed by atoms with Crippen molar-refractivity contribution in [3.63, 3.8) is 0 Å². The van der Waals surface area contributed by atoms with Crippen LogP contribution in [-0.2, 0) is 21.3 Å². The lowest BCUT2D eigenvalue weighted by Gasteiger charge is -2.19. The van der Waals surface area contributed by atoms with Gasteiger partial charge in [-0.3, -0.25) is 19.3 Å². The highest BCUT2D eigenvalue weighted by molar-refractivity contribution is 7.91. The molecule has 1 aliphatic rings. The number of hydroxylamine groups is 1. The highest BCUT2D eigenvalue weighted by Crippen LogP contribution is 2.25. The molecule has 7 nitrogen and oxygen atoms in total. The number of carbonyl (C=O) groups is 2. The Labute approximate surface area is 152 Å². The van der Waals surface area contributed by atoms with Gasteiger partial charge in [0.1, 0.15) is 0 Å². The standard InChI is InChI=1S/C18H19N3O4S/c1-19-26(24,20(2)25-3)14-10-8-13(9-11-14)12-21-17(22)15-6-4-5-7-16(15)18(21)23/h4-11H,12H2,1-3H3. The van der Waals surface area contributed by atoms with Crippen molar-refractivity contribution in [3.05, 3.63) is 65.2 Å². The summed E-state index contributed by atoms with van der Waals surface area (Å²) in [6.45, 7) is 0.150. The lowest BCUT2D eigenvalue weighted by atomic mass is 10.1. The summed E-state index contributed by atoms with van der Waals surface area (Å²) in [4.78, 5) is 31.6. The zero-order valence-corrected chi connectivity index (χ0v) is 15.5. The number of hydrogen-bond acceptors (Lipinski definition) is 5. The second-order valence-corrected chi connectivity index (χ2v) is 8.03. The Kier molecular flexibility index (Phi) is 4.90. The van der Waals surface area contributed by atoms with Crippen LogP contribution in [0.15, 0.2) is 57.8 Å². The Balaban J connectivity index is 1.84. The molecular weight excluding hydrogens is 354 g/mol. The van der Waals surface area contributed by atoms with Gasteiger partial charge in [0.25, 0.3) is 11.8 Å². The number of rotatable bonds is 5. The van der Waals surface area contributed by atoms with Gasteiger partial charge in [0.05, 0.1) is 29.7 Å². The summed E-state index contributed by atoms with van der Waals surface area (Å²) in [5, 5.41) is 0. The fourth-order valence-electron chi connectivity index (χ4n) is 2.81. The quantitative estimate of drug-likeness (QED) is 0.595. The minimum absolute atomic E-state index is 0.150. The van der Waals surface area contributed by atoms with Gasteiger partial charge >= 0.3 is 0 Å². The van der Waals surface area contributed by atoms with Gasteiger partial charge in [-0.2, -0.15) is 0 Å². The number of fused-ring (bicyclic) bond motifs is 1. The molecule has 0 N–H and O–H groups in total. The maximum atomic E-state index is 12.9. The molecule has 136 valence electrons. The zero-order chi connectivity index (χ0) is 18.9. The van der Waals surface area contributed by atoms with E-state index in [2.05, 4.69) is 4.36 Å². The summed E-state index contributed by atoms with van der Waals surface area (Å²) in [6.07, 6.45) is 0. The molecule has 1 heterocycles. The Morgan fingerprint density at radius 1 is 1.04 bits per heavy atom. The summed E-state index contributed by atoms with van der Waals surface area (Å²) in [6, 6.07) is 13.6. The molecule has 2 aromatic rings. The predicted octanol–water partition coefficient (Wildman–Crippen LogP) is 2.35. The predicted molar refractivity (Wildman–Crippen MR) is 96.6 cm³/mol. The van der Waals surface area contributed by atoms with Crippen molar-refractivity contribution >= 4 is 21.7 Å². The van der Waals surface area contributed by atoms with E-state index in [0.717, 1.165) is 5.56 Å². The summed E-state index contributed by atoms with van der Waals surface area (Å²) in [5.41, 5.74) is 1.59. The monoisotopic (exact) mass is 373 g/mol. The van der Waals surface area contributed by atoms with Crippen LogP contribution in [0.5, 0.6) is 0 Å². The first kappa shape index (κ1) is 18.2. The van der Waals surface area contributed by atoms with E-state index in [0.29, 0.717) is 16.0 Å². The highest BCUT2D eigenvalue weighted by Gasteiger charge is 2.34. The average molecular weight is 373 g/mol. The van der Waals surface area contributed by atoms with Crippen molar-refractivity contribution in [2.24, 2.45) is 4.36 Å². The van der Waals surface area contributed by atoms with Crippen molar-refractivity contribution in [2.75, 3.05) is 21.2 Å². The first-order valence-electron chi connectivity index (χ1n) is 7.90. The fourth-order valence-corrected chi connectivity index (χ4v) is 4.24. The lowest BCUT2D eigenvalue weighted by Crippen LogP contribution is -2.29. The molecule has 0 aromatic heterocycles. The van der Waals surface area contributed by atoms with Crippen LogP contribution < -0.4 is 0 Å². The van der Waals surface area contributed by atoms with Crippen LogP contribution in [0.4, 0.5) is 0 Å². The molecule has 0 aliphatic carbocycles. The van der Waals surface area contributed by atoms with E-state index in [4.69, 9.17) is 4.84 Å². The van der Waals surface area contributed by atoms with Crippen molar-refractivity contribution in [1.29, 1.82) is 0 Å². The lowest BCUT2D eigenvalue weighted by molar-refractivity contribution is -0.0224. The van der Waals surface area contributed by atoms with Gasteiger partial charge in [0.15, 0.2) is 9.92 Å². The number of amides is 2. The van der Waals surface area contributed by atoms with E-state index >= 15 is 0 Å². The van der Waals surface area contributed by atoms with Crippen LogP contribution in [0.2, 0.25) is 0 Å². The second-order valence-electron chi connectivity index (χ2n) is 5.69. The zero-order valence-electron chi connectivity index (χ0n) is 14.7. The molecule has 8 heteroatoms. The van der Waals surface area contributed by atoms with Crippen molar-refractivity contribution in [1.82, 2.24) is 9.37 Å². The van der Waals surface area contributed by atoms with E-state index in [1.165, 1.54) is 23.5 Å². The third-order valence-electron chi connectivity index (χ3n) is 4.30. The van der Waals surface area contributed by atoms with Crippen LogP contribution in [0.25, 0.3) is 0 Å². The van der Waals surface area contributed by atoms with Crippen LogP contribution >= 0.6 is 0 Å². The highest BCUT2D eigenvalue weighted by atomic mass is 32.2. The van der Waals surface area contributed by atoms with Crippen LogP contribution in [-0.4, -0.2) is 46.6 Å². The normalized spacial score (nSPS) is 15.9. The Morgan fingerprint density at radius 3 is 2.04 bits per heavy atom. The summed E-state index contributed by atoms with van der Waals surface area (Å²) in [7, 11) is 1.57. The molecule has 1 atom stereocenters. The van der Waals surface area contributed by atoms with Crippen molar-refractivity contribution in [3.8, 4) is 0 Å². The smallest absolute Gasteiger partial charge is 0.261 e. The molecule has 0 saturated heterocycles. The first-order chi connectivity index (χ1) is 12.4. The molecule has 0 radical (unpaired) electrons. The van der Waals surface area contributed by atoms with Crippen molar-refractivity contribution in [2.45, 2.75) is 11.4 Å². The minimum Gasteiger partial charge on any atom is -0.289 e. The van der Waals surface area contributed by atoms with Gasteiger partial charge in [-0.05, 0) is 29.8 Å². The van der Waals surface area contributed by atoms with Crippen LogP contribution in [0, 0.1) is 0 Å². The van der Waals surface area contributed by atoms with E-state index in [1.54, 1.807) is 55.6 Å². The van der Waals surface area contributed by atoms with Crippen LogP contribution in [0.1, 0.15) is 26.3 Å². The maximum absolute atomic E-state index is 12.9. The molecule has 0 spiro atoms. The SMILES string of the molecule is CN=S(=O)(c1ccc(CN2C(=O)c3ccccc3C2=O)cc1)N(C)OC. The number of nitrogens with zero attached hydrogens (tertiary/aromatic N) is 3. The van der Waals surface area contributed by atoms with Gasteiger partial charge < -0.3 is 0 Å². The number of imide groups is 1. The topological polar surface area (TPSA) is 79.3 Å². The first-order valence-corrected chi connectivity index (χ1v) is 9.37. The van der Waals surface area contributed by atoms with Crippen LogP contribution in [0.3, 0.4) is 0 Å². The summed E-state index contributed by atoms with van der Waals surface area (Å²) >= 11 is 0. The molecule has 26 heavy (non-hydrogen) atoms. The van der Waals surface area contributed by atoms with Gasteiger partial charge in [0, 0.05) is 14.1 Å². The molecule has 2 aromatic carbocycles. The van der Waals surface area contributed by atoms with E-state index < -0.39 is 9.92 Å². The largest absolute Gasteiger partial charge is 0.289 e. The fraction of sp³-hybridized carbons (Fsp3) is 0.222. The molecule has 2 amide bonds. The maximum Gasteiger partial charge on any atom is 0.261 e. The molecule has 0 saturated carbocycles. The van der Waals surface area contributed by atoms with Gasteiger partial charge in [-0.15, -0.1) is 0 Å². The van der Waals surface area contributed by atoms with E-state index in [-0.39, 0.29) is 18.4 Å². The minimum atomic E-state index is -2.86.